The van der Waals surface area contributed by atoms with Gasteiger partial charge in [-0.1, -0.05) is 6.07 Å². The third-order valence-electron chi connectivity index (χ3n) is 5.06. The molecule has 0 aliphatic heterocycles. The summed E-state index contributed by atoms with van der Waals surface area (Å²) in [6, 6.07) is 5.93. The molecule has 10 nitrogen and oxygen atoms in total. The molecule has 0 radical (unpaired) electrons. The van der Waals surface area contributed by atoms with E-state index >= 15 is 0 Å². The first-order chi connectivity index (χ1) is 14.9. The van der Waals surface area contributed by atoms with Gasteiger partial charge >= 0.3 is 5.97 Å². The number of nitrogens with one attached hydrogen (secondary N) is 1. The van der Waals surface area contributed by atoms with Crippen LogP contribution >= 0.6 is 0 Å². The summed E-state index contributed by atoms with van der Waals surface area (Å²) in [6.07, 6.45) is 3.76. The molecule has 0 saturated heterocycles. The maximum absolute atomic E-state index is 13.1. The van der Waals surface area contributed by atoms with Gasteiger partial charge in [0.2, 0.25) is 21.8 Å². The van der Waals surface area contributed by atoms with Gasteiger partial charge in [0.15, 0.2) is 0 Å². The lowest BCUT2D eigenvalue weighted by atomic mass is 9.94. The Morgan fingerprint density at radius 3 is 2.94 bits per heavy atom. The van der Waals surface area contributed by atoms with Crippen LogP contribution in [-0.2, 0) is 32.5 Å². The number of hydrogen-bond acceptors (Lipinski definition) is 8. The molecule has 2 aromatic heterocycles. The molecule has 0 bridgehead atoms. The Labute approximate surface area is 179 Å². The minimum atomic E-state index is -3.82. The predicted molar refractivity (Wildman–Crippen MR) is 109 cm³/mol. The van der Waals surface area contributed by atoms with Gasteiger partial charge in [-0.15, -0.1) is 10.2 Å². The second-order valence-corrected chi connectivity index (χ2v) is 8.94. The first-order valence-corrected chi connectivity index (χ1v) is 11.5. The lowest BCUT2D eigenvalue weighted by molar-refractivity contribution is -0.144. The van der Waals surface area contributed by atoms with Crippen molar-refractivity contribution in [3.8, 4) is 11.5 Å². The molecule has 164 valence electrons. The molecule has 1 N–H and O–H groups in total. The fourth-order valence-corrected chi connectivity index (χ4v) is 4.97. The quantitative estimate of drug-likeness (QED) is 0.548. The Bertz CT molecular complexity index is 1200. The Hall–Kier alpha value is -3.05. The van der Waals surface area contributed by atoms with E-state index < -0.39 is 16.1 Å². The topological polar surface area (TPSA) is 129 Å². The van der Waals surface area contributed by atoms with Crippen molar-refractivity contribution in [3.63, 3.8) is 0 Å². The Morgan fingerprint density at radius 1 is 1.35 bits per heavy atom. The molecule has 1 unspecified atom stereocenters. The number of nitrogens with zero attached hydrogens (tertiary/aromatic N) is 4. The summed E-state index contributed by atoms with van der Waals surface area (Å²) in [5.74, 6) is 0.287. The third kappa shape index (κ3) is 4.52. The molecule has 0 spiro atoms. The normalized spacial score (nSPS) is 16.1. The zero-order valence-corrected chi connectivity index (χ0v) is 18.1. The lowest BCUT2D eigenvalue weighted by Crippen LogP contribution is -2.31. The summed E-state index contributed by atoms with van der Waals surface area (Å²) < 4.78 is 40.9. The fourth-order valence-electron chi connectivity index (χ4n) is 3.67. The third-order valence-corrected chi connectivity index (χ3v) is 6.53. The number of carbonyl (C=O) groups excluding carboxylic acids is 1. The van der Waals surface area contributed by atoms with Crippen LogP contribution in [0.5, 0.6) is 0 Å². The van der Waals surface area contributed by atoms with Crippen LogP contribution in [0.15, 0.2) is 39.8 Å². The van der Waals surface area contributed by atoms with Crippen LogP contribution in [0.2, 0.25) is 0 Å². The van der Waals surface area contributed by atoms with Gasteiger partial charge in [0.1, 0.15) is 6.54 Å². The minimum Gasteiger partial charge on any atom is -0.465 e. The van der Waals surface area contributed by atoms with Gasteiger partial charge in [-0.25, -0.2) is 13.1 Å². The van der Waals surface area contributed by atoms with Crippen molar-refractivity contribution in [2.45, 2.75) is 50.6 Å². The number of aromatic nitrogens is 4. The largest absolute Gasteiger partial charge is 0.465 e. The van der Waals surface area contributed by atoms with E-state index in [2.05, 4.69) is 20.0 Å². The zero-order valence-electron chi connectivity index (χ0n) is 17.2. The molecule has 1 aliphatic carbocycles. The van der Waals surface area contributed by atoms with Crippen molar-refractivity contribution >= 4 is 16.0 Å². The molecule has 0 saturated carbocycles. The molecule has 4 rings (SSSR count). The van der Waals surface area contributed by atoms with E-state index in [-0.39, 0.29) is 23.3 Å². The van der Waals surface area contributed by atoms with Gasteiger partial charge < -0.3 is 9.15 Å². The monoisotopic (exact) mass is 445 g/mol. The highest BCUT2D eigenvalue weighted by Crippen LogP contribution is 2.31. The number of fused-ring (bicyclic) bond motifs is 1. The van der Waals surface area contributed by atoms with Crippen molar-refractivity contribution in [2.24, 2.45) is 0 Å². The summed E-state index contributed by atoms with van der Waals surface area (Å²) in [6.45, 7) is 3.72. The van der Waals surface area contributed by atoms with E-state index in [0.29, 0.717) is 24.5 Å². The van der Waals surface area contributed by atoms with Crippen LogP contribution in [0, 0.1) is 6.92 Å². The van der Waals surface area contributed by atoms with Crippen molar-refractivity contribution < 1.29 is 22.4 Å². The van der Waals surface area contributed by atoms with E-state index in [1.807, 2.05) is 0 Å². The Kier molecular flexibility index (Phi) is 5.88. The molecule has 11 heteroatoms. The molecule has 0 amide bonds. The summed E-state index contributed by atoms with van der Waals surface area (Å²) in [5.41, 5.74) is 2.15. The number of carbonyl (C=O) groups is 1. The van der Waals surface area contributed by atoms with Gasteiger partial charge in [0.25, 0.3) is 0 Å². The number of ether oxygens (including phenoxy) is 1. The molecule has 1 atom stereocenters. The van der Waals surface area contributed by atoms with Crippen LogP contribution in [-0.4, -0.2) is 41.0 Å². The first-order valence-electron chi connectivity index (χ1n) is 10.0. The molecular formula is C20H23N5O5S. The summed E-state index contributed by atoms with van der Waals surface area (Å²) >= 11 is 0. The van der Waals surface area contributed by atoms with Crippen LogP contribution in [0.25, 0.3) is 11.5 Å². The summed E-state index contributed by atoms with van der Waals surface area (Å²) in [7, 11) is -3.82. The van der Waals surface area contributed by atoms with Crippen molar-refractivity contribution in [3.05, 3.63) is 47.6 Å². The summed E-state index contributed by atoms with van der Waals surface area (Å²) in [5, 5.41) is 12.0. The Balaban J connectivity index is 1.56. The molecular weight excluding hydrogens is 422 g/mol. The number of sulfonamides is 1. The number of esters is 1. The van der Waals surface area contributed by atoms with Crippen molar-refractivity contribution in [2.75, 3.05) is 6.61 Å². The highest BCUT2D eigenvalue weighted by Gasteiger charge is 2.29. The van der Waals surface area contributed by atoms with E-state index in [4.69, 9.17) is 9.15 Å². The van der Waals surface area contributed by atoms with Gasteiger partial charge in [0.05, 0.1) is 23.7 Å². The maximum atomic E-state index is 13.1. The van der Waals surface area contributed by atoms with Gasteiger partial charge in [0, 0.05) is 23.7 Å². The van der Waals surface area contributed by atoms with Gasteiger partial charge in [-0.2, -0.15) is 5.10 Å². The van der Waals surface area contributed by atoms with Gasteiger partial charge in [-0.3, -0.25) is 9.48 Å². The number of rotatable bonds is 7. The van der Waals surface area contributed by atoms with E-state index in [0.717, 1.165) is 24.1 Å². The number of benzene rings is 1. The predicted octanol–water partition coefficient (Wildman–Crippen LogP) is 2.16. The SMILES string of the molecule is CCOC(=O)Cn1ncc2c1CCCC2NS(=O)(=O)c1cccc(-c2nnc(C)o2)c1. The number of hydrogen-bond donors (Lipinski definition) is 1. The van der Waals surface area contributed by atoms with Crippen molar-refractivity contribution in [1.29, 1.82) is 0 Å². The average molecular weight is 446 g/mol. The van der Waals surface area contributed by atoms with E-state index in [1.54, 1.807) is 36.9 Å². The standard InChI is InChI=1S/C20H23N5O5S/c1-3-29-19(26)12-25-18-9-5-8-17(16(18)11-21-25)24-31(27,28)15-7-4-6-14(10-15)20-23-22-13(2)30-20/h4,6-7,10-11,17,24H,3,5,8-9,12H2,1-2H3. The Morgan fingerprint density at radius 2 is 2.19 bits per heavy atom. The molecule has 31 heavy (non-hydrogen) atoms. The maximum Gasteiger partial charge on any atom is 0.327 e. The molecule has 2 heterocycles. The smallest absolute Gasteiger partial charge is 0.327 e. The second kappa shape index (κ2) is 8.60. The first kappa shape index (κ1) is 21.2. The van der Waals surface area contributed by atoms with Gasteiger partial charge in [-0.05, 0) is 44.4 Å². The highest BCUT2D eigenvalue weighted by atomic mass is 32.2. The van der Waals surface area contributed by atoms with Crippen LogP contribution in [0.3, 0.4) is 0 Å². The van der Waals surface area contributed by atoms with Crippen LogP contribution < -0.4 is 4.72 Å². The van der Waals surface area contributed by atoms with E-state index in [1.165, 1.54) is 12.1 Å². The van der Waals surface area contributed by atoms with Crippen molar-refractivity contribution in [1.82, 2.24) is 24.7 Å². The molecule has 1 aliphatic rings. The molecule has 1 aromatic carbocycles. The van der Waals surface area contributed by atoms with E-state index in [9.17, 15) is 13.2 Å². The van der Waals surface area contributed by atoms with Crippen LogP contribution in [0.4, 0.5) is 0 Å². The zero-order chi connectivity index (χ0) is 22.0. The highest BCUT2D eigenvalue weighted by molar-refractivity contribution is 7.89. The van der Waals surface area contributed by atoms with Crippen LogP contribution in [0.1, 0.15) is 43.0 Å². The second-order valence-electron chi connectivity index (χ2n) is 7.23. The summed E-state index contributed by atoms with van der Waals surface area (Å²) in [4.78, 5) is 11.9. The number of aryl methyl sites for hydroxylation is 1. The fraction of sp³-hybridized carbons (Fsp3) is 0.400. The average Bonchev–Trinajstić information content (AvgIpc) is 3.35. The lowest BCUT2D eigenvalue weighted by Gasteiger charge is -2.24. The molecule has 3 aromatic rings. The minimum absolute atomic E-state index is 0.00822. The molecule has 0 fully saturated rings.